The molecule has 0 spiro atoms. The maximum atomic E-state index is 11.9. The van der Waals surface area contributed by atoms with E-state index in [1.807, 2.05) is 7.05 Å². The molecule has 2 heterocycles. The van der Waals surface area contributed by atoms with E-state index in [1.165, 1.54) is 12.8 Å². The van der Waals surface area contributed by atoms with Gasteiger partial charge in [-0.2, -0.15) is 0 Å². The number of aromatic amines is 1. The van der Waals surface area contributed by atoms with Crippen molar-refractivity contribution in [1.29, 1.82) is 0 Å². The highest BCUT2D eigenvalue weighted by molar-refractivity contribution is 5.73. The van der Waals surface area contributed by atoms with Gasteiger partial charge >= 0.3 is 6.03 Å². The van der Waals surface area contributed by atoms with Gasteiger partial charge in [0.1, 0.15) is 0 Å². The van der Waals surface area contributed by atoms with Crippen molar-refractivity contribution in [1.82, 2.24) is 20.2 Å². The number of ether oxygens (including phenoxy) is 1. The standard InChI is InChI=1S/C14H24N4O2/c1-18(8-2-4-13-5-3-9-20-13)14(19)16-7-6-12-10-15-11-17-12/h10-11,13H,2-9H2,1H3,(H,15,17)(H,16,19)/t13-/m0/s1. The Morgan fingerprint density at radius 2 is 2.55 bits per heavy atom. The fourth-order valence-electron chi connectivity index (χ4n) is 2.39. The van der Waals surface area contributed by atoms with Crippen LogP contribution in [0.25, 0.3) is 0 Å². The molecular weight excluding hydrogens is 256 g/mol. The third-order valence-electron chi connectivity index (χ3n) is 3.62. The molecule has 1 fully saturated rings. The summed E-state index contributed by atoms with van der Waals surface area (Å²) in [6.07, 6.45) is 8.99. The second kappa shape index (κ2) is 7.89. The van der Waals surface area contributed by atoms with Gasteiger partial charge in [-0.05, 0) is 25.7 Å². The molecule has 2 N–H and O–H groups in total. The topological polar surface area (TPSA) is 70.2 Å². The summed E-state index contributed by atoms with van der Waals surface area (Å²) >= 11 is 0. The molecule has 20 heavy (non-hydrogen) atoms. The fraction of sp³-hybridized carbons (Fsp3) is 0.714. The number of nitrogens with one attached hydrogen (secondary N) is 2. The highest BCUT2D eigenvalue weighted by atomic mass is 16.5. The van der Waals surface area contributed by atoms with Crippen LogP contribution in [0.5, 0.6) is 0 Å². The van der Waals surface area contributed by atoms with Crippen molar-refractivity contribution < 1.29 is 9.53 Å². The Labute approximate surface area is 119 Å². The first-order valence-corrected chi connectivity index (χ1v) is 7.33. The lowest BCUT2D eigenvalue weighted by Crippen LogP contribution is -2.38. The number of urea groups is 1. The van der Waals surface area contributed by atoms with Gasteiger partial charge in [0, 0.05) is 45.1 Å². The summed E-state index contributed by atoms with van der Waals surface area (Å²) in [6, 6.07) is -0.0168. The monoisotopic (exact) mass is 280 g/mol. The Hall–Kier alpha value is -1.56. The number of nitrogens with zero attached hydrogens (tertiary/aromatic N) is 2. The van der Waals surface area contributed by atoms with Gasteiger partial charge in [-0.25, -0.2) is 9.78 Å². The minimum atomic E-state index is -0.0168. The van der Waals surface area contributed by atoms with Crippen molar-refractivity contribution in [2.24, 2.45) is 0 Å². The van der Waals surface area contributed by atoms with Gasteiger partial charge in [-0.3, -0.25) is 0 Å². The lowest BCUT2D eigenvalue weighted by Gasteiger charge is -2.18. The van der Waals surface area contributed by atoms with E-state index in [0.717, 1.165) is 38.1 Å². The molecule has 1 aromatic rings. The van der Waals surface area contributed by atoms with Gasteiger partial charge in [-0.15, -0.1) is 0 Å². The molecule has 0 bridgehead atoms. The SMILES string of the molecule is CN(CCC[C@H]1CCCO1)C(=O)NCCc1cnc[nH]1. The second-order valence-corrected chi connectivity index (χ2v) is 5.26. The summed E-state index contributed by atoms with van der Waals surface area (Å²) in [5.74, 6) is 0. The molecule has 2 amide bonds. The van der Waals surface area contributed by atoms with Crippen molar-refractivity contribution in [3.8, 4) is 0 Å². The van der Waals surface area contributed by atoms with Crippen molar-refractivity contribution in [3.63, 3.8) is 0 Å². The number of imidazole rings is 1. The zero-order valence-electron chi connectivity index (χ0n) is 12.1. The summed E-state index contributed by atoms with van der Waals surface area (Å²) in [5, 5.41) is 2.91. The van der Waals surface area contributed by atoms with E-state index in [9.17, 15) is 4.79 Å². The van der Waals surface area contributed by atoms with Crippen molar-refractivity contribution in [2.45, 2.75) is 38.2 Å². The molecule has 1 aliphatic rings. The number of hydrogen-bond donors (Lipinski definition) is 2. The van der Waals surface area contributed by atoms with Crippen LogP contribution in [0.4, 0.5) is 4.79 Å². The quantitative estimate of drug-likeness (QED) is 0.796. The van der Waals surface area contributed by atoms with Crippen molar-refractivity contribution in [2.75, 3.05) is 26.7 Å². The third-order valence-corrected chi connectivity index (χ3v) is 3.62. The van der Waals surface area contributed by atoms with Gasteiger partial charge in [0.05, 0.1) is 12.4 Å². The lowest BCUT2D eigenvalue weighted by molar-refractivity contribution is 0.100. The number of amides is 2. The molecule has 0 saturated carbocycles. The molecule has 0 unspecified atom stereocenters. The van der Waals surface area contributed by atoms with Crippen LogP contribution in [0.2, 0.25) is 0 Å². The molecular formula is C14H24N4O2. The minimum absolute atomic E-state index is 0.0168. The summed E-state index contributed by atoms with van der Waals surface area (Å²) < 4.78 is 5.57. The molecule has 6 nitrogen and oxygen atoms in total. The zero-order valence-corrected chi connectivity index (χ0v) is 12.1. The van der Waals surface area contributed by atoms with Gasteiger partial charge in [0.15, 0.2) is 0 Å². The zero-order chi connectivity index (χ0) is 14.2. The highest BCUT2D eigenvalue weighted by Crippen LogP contribution is 2.16. The van der Waals surface area contributed by atoms with Crippen LogP contribution < -0.4 is 5.32 Å². The van der Waals surface area contributed by atoms with Crippen molar-refractivity contribution >= 4 is 6.03 Å². The van der Waals surface area contributed by atoms with E-state index in [1.54, 1.807) is 17.4 Å². The first-order chi connectivity index (χ1) is 9.75. The van der Waals surface area contributed by atoms with E-state index in [-0.39, 0.29) is 6.03 Å². The smallest absolute Gasteiger partial charge is 0.317 e. The Morgan fingerprint density at radius 1 is 1.65 bits per heavy atom. The van der Waals surface area contributed by atoms with Gasteiger partial charge in [-0.1, -0.05) is 0 Å². The second-order valence-electron chi connectivity index (χ2n) is 5.26. The van der Waals surface area contributed by atoms with Crippen LogP contribution in [0.15, 0.2) is 12.5 Å². The number of rotatable bonds is 7. The van der Waals surface area contributed by atoms with E-state index in [2.05, 4.69) is 15.3 Å². The predicted octanol–water partition coefficient (Wildman–Crippen LogP) is 1.55. The third kappa shape index (κ3) is 4.85. The van der Waals surface area contributed by atoms with Crippen LogP contribution in [0.3, 0.4) is 0 Å². The Morgan fingerprint density at radius 3 is 3.25 bits per heavy atom. The Bertz CT molecular complexity index is 388. The number of carbonyl (C=O) groups is 1. The average molecular weight is 280 g/mol. The van der Waals surface area contributed by atoms with Gasteiger partial charge in [0.2, 0.25) is 0 Å². The van der Waals surface area contributed by atoms with E-state index in [4.69, 9.17) is 4.74 Å². The summed E-state index contributed by atoms with van der Waals surface area (Å²) in [5.41, 5.74) is 1.03. The molecule has 2 rings (SSSR count). The minimum Gasteiger partial charge on any atom is -0.378 e. The van der Waals surface area contributed by atoms with E-state index >= 15 is 0 Å². The maximum absolute atomic E-state index is 11.9. The highest BCUT2D eigenvalue weighted by Gasteiger charge is 2.15. The van der Waals surface area contributed by atoms with Crippen LogP contribution in [-0.2, 0) is 11.2 Å². The van der Waals surface area contributed by atoms with Crippen LogP contribution in [0.1, 0.15) is 31.4 Å². The molecule has 0 aliphatic carbocycles. The average Bonchev–Trinajstić information content (AvgIpc) is 3.11. The Kier molecular flexibility index (Phi) is 5.86. The van der Waals surface area contributed by atoms with E-state index < -0.39 is 0 Å². The number of carbonyl (C=O) groups excluding carboxylic acids is 1. The molecule has 6 heteroatoms. The summed E-state index contributed by atoms with van der Waals surface area (Å²) in [6.45, 7) is 2.29. The summed E-state index contributed by atoms with van der Waals surface area (Å²) in [7, 11) is 1.83. The number of H-pyrrole nitrogens is 1. The summed E-state index contributed by atoms with van der Waals surface area (Å²) in [4.78, 5) is 20.6. The number of hydrogen-bond acceptors (Lipinski definition) is 3. The number of aromatic nitrogens is 2. The van der Waals surface area contributed by atoms with Crippen LogP contribution >= 0.6 is 0 Å². The maximum Gasteiger partial charge on any atom is 0.317 e. The molecule has 1 saturated heterocycles. The Balaban J connectivity index is 1.54. The normalized spacial score (nSPS) is 18.1. The van der Waals surface area contributed by atoms with Crippen LogP contribution in [-0.4, -0.2) is 53.7 Å². The first-order valence-electron chi connectivity index (χ1n) is 7.33. The molecule has 1 aromatic heterocycles. The van der Waals surface area contributed by atoms with Gasteiger partial charge < -0.3 is 19.9 Å². The molecule has 0 aromatic carbocycles. The van der Waals surface area contributed by atoms with Gasteiger partial charge in [0.25, 0.3) is 0 Å². The molecule has 0 radical (unpaired) electrons. The molecule has 1 atom stereocenters. The van der Waals surface area contributed by atoms with Crippen LogP contribution in [0, 0.1) is 0 Å². The van der Waals surface area contributed by atoms with E-state index in [0.29, 0.717) is 12.6 Å². The fourth-order valence-corrected chi connectivity index (χ4v) is 2.39. The lowest BCUT2D eigenvalue weighted by atomic mass is 10.1. The largest absolute Gasteiger partial charge is 0.378 e. The molecule has 1 aliphatic heterocycles. The first kappa shape index (κ1) is 14.8. The molecule has 112 valence electrons. The van der Waals surface area contributed by atoms with Crippen molar-refractivity contribution in [3.05, 3.63) is 18.2 Å². The predicted molar refractivity (Wildman–Crippen MR) is 76.5 cm³/mol.